The van der Waals surface area contributed by atoms with Crippen LogP contribution in [0.4, 0.5) is 15.8 Å². The number of rotatable bonds is 4. The summed E-state index contributed by atoms with van der Waals surface area (Å²) in [5.41, 5.74) is 0.649. The highest BCUT2D eigenvalue weighted by Gasteiger charge is 2.15. The molecule has 0 aliphatic rings. The van der Waals surface area contributed by atoms with Gasteiger partial charge in [-0.2, -0.15) is 0 Å². The number of nitrogens with one attached hydrogen (secondary N) is 1. The number of nitro benzene ring substituents is 1. The van der Waals surface area contributed by atoms with Crippen molar-refractivity contribution in [3.05, 3.63) is 86.1 Å². The summed E-state index contributed by atoms with van der Waals surface area (Å²) in [4.78, 5) is 26.8. The number of aromatic amines is 1. The molecule has 0 saturated carbocycles. The van der Waals surface area contributed by atoms with Crippen LogP contribution in [0.1, 0.15) is 11.3 Å². The molecule has 3 aromatic rings. The minimum absolute atomic E-state index is 0.0299. The van der Waals surface area contributed by atoms with Crippen LogP contribution in [0.15, 0.2) is 58.3 Å². The third-order valence-corrected chi connectivity index (χ3v) is 3.60. The van der Waals surface area contributed by atoms with E-state index in [4.69, 9.17) is 0 Å². The van der Waals surface area contributed by atoms with Crippen molar-refractivity contribution >= 4 is 17.6 Å². The van der Waals surface area contributed by atoms with Crippen molar-refractivity contribution in [3.63, 3.8) is 0 Å². The normalized spacial score (nSPS) is 11.1. The molecule has 7 nitrogen and oxygen atoms in total. The number of para-hydroxylation sites is 1. The van der Waals surface area contributed by atoms with Gasteiger partial charge < -0.3 is 0 Å². The van der Waals surface area contributed by atoms with E-state index in [1.807, 2.05) is 6.07 Å². The molecular formula is C17H13FN4O3. The first-order chi connectivity index (χ1) is 12.0. The van der Waals surface area contributed by atoms with E-state index in [0.717, 1.165) is 12.1 Å². The second kappa shape index (κ2) is 6.52. The van der Waals surface area contributed by atoms with E-state index in [-0.39, 0.29) is 16.8 Å². The summed E-state index contributed by atoms with van der Waals surface area (Å²) in [6.45, 7) is 1.70. The zero-order valence-electron chi connectivity index (χ0n) is 13.1. The van der Waals surface area contributed by atoms with Gasteiger partial charge >= 0.3 is 0 Å². The van der Waals surface area contributed by atoms with Crippen LogP contribution in [0.3, 0.4) is 0 Å². The standard InChI is InChI=1S/C17H13FN4O3/c1-11-14(17(23)21(20-11)13-5-3-2-4-6-13)10-19-15-8-7-12(18)9-16(15)22(24)25/h2-10,20H,1H3. The van der Waals surface area contributed by atoms with Crippen LogP contribution in [-0.2, 0) is 0 Å². The number of nitrogens with zero attached hydrogens (tertiary/aromatic N) is 3. The van der Waals surface area contributed by atoms with Crippen molar-refractivity contribution in [2.45, 2.75) is 6.92 Å². The SMILES string of the molecule is Cc1[nH]n(-c2ccccc2)c(=O)c1C=Nc1ccc(F)cc1[N+](=O)[O-]. The molecule has 25 heavy (non-hydrogen) atoms. The summed E-state index contributed by atoms with van der Waals surface area (Å²) in [7, 11) is 0. The summed E-state index contributed by atoms with van der Waals surface area (Å²) in [6.07, 6.45) is 1.24. The minimum Gasteiger partial charge on any atom is -0.295 e. The second-order valence-corrected chi connectivity index (χ2v) is 5.27. The molecule has 1 heterocycles. The van der Waals surface area contributed by atoms with Crippen molar-refractivity contribution in [2.75, 3.05) is 0 Å². The minimum atomic E-state index is -0.727. The Kier molecular flexibility index (Phi) is 4.25. The maximum Gasteiger partial charge on any atom is 0.297 e. The van der Waals surface area contributed by atoms with Crippen LogP contribution in [0.2, 0.25) is 0 Å². The molecule has 3 rings (SSSR count). The molecule has 0 aliphatic heterocycles. The zero-order chi connectivity index (χ0) is 18.0. The fourth-order valence-electron chi connectivity index (χ4n) is 2.36. The lowest BCUT2D eigenvalue weighted by molar-refractivity contribution is -0.384. The highest BCUT2D eigenvalue weighted by Crippen LogP contribution is 2.27. The summed E-state index contributed by atoms with van der Waals surface area (Å²) in [6, 6.07) is 12.0. The summed E-state index contributed by atoms with van der Waals surface area (Å²) in [5.74, 6) is -0.727. The Bertz CT molecular complexity index is 1020. The molecule has 0 amide bonds. The predicted octanol–water partition coefficient (Wildman–Crippen LogP) is 3.27. The molecule has 0 aliphatic carbocycles. The lowest BCUT2D eigenvalue weighted by atomic mass is 10.2. The molecule has 126 valence electrons. The molecule has 8 heteroatoms. The first-order valence-electron chi connectivity index (χ1n) is 7.32. The number of halogens is 1. The van der Waals surface area contributed by atoms with E-state index in [0.29, 0.717) is 11.4 Å². The van der Waals surface area contributed by atoms with Crippen LogP contribution >= 0.6 is 0 Å². The van der Waals surface area contributed by atoms with E-state index in [2.05, 4.69) is 10.1 Å². The lowest BCUT2D eigenvalue weighted by Crippen LogP contribution is -2.17. The molecule has 0 fully saturated rings. The average Bonchev–Trinajstić information content (AvgIpc) is 2.89. The molecule has 0 bridgehead atoms. The van der Waals surface area contributed by atoms with Gasteiger partial charge in [0, 0.05) is 11.9 Å². The third-order valence-electron chi connectivity index (χ3n) is 3.60. The Morgan fingerprint density at radius 1 is 1.24 bits per heavy atom. The predicted molar refractivity (Wildman–Crippen MR) is 91.4 cm³/mol. The van der Waals surface area contributed by atoms with Crippen LogP contribution in [0, 0.1) is 22.9 Å². The van der Waals surface area contributed by atoms with Gasteiger partial charge in [-0.3, -0.25) is 20.0 Å². The van der Waals surface area contributed by atoms with Crippen LogP contribution in [0.25, 0.3) is 5.69 Å². The zero-order valence-corrected chi connectivity index (χ0v) is 13.1. The van der Waals surface area contributed by atoms with Crippen molar-refractivity contribution in [1.29, 1.82) is 0 Å². The highest BCUT2D eigenvalue weighted by atomic mass is 19.1. The lowest BCUT2D eigenvalue weighted by Gasteiger charge is -1.99. The van der Waals surface area contributed by atoms with Gasteiger partial charge in [0.05, 0.1) is 22.2 Å². The fourth-order valence-corrected chi connectivity index (χ4v) is 2.36. The topological polar surface area (TPSA) is 93.3 Å². The maximum atomic E-state index is 13.2. The van der Waals surface area contributed by atoms with Gasteiger partial charge in [0.15, 0.2) is 0 Å². The van der Waals surface area contributed by atoms with Gasteiger partial charge in [-0.15, -0.1) is 0 Å². The van der Waals surface area contributed by atoms with Crippen molar-refractivity contribution in [1.82, 2.24) is 9.78 Å². The second-order valence-electron chi connectivity index (χ2n) is 5.27. The van der Waals surface area contributed by atoms with Crippen molar-refractivity contribution in [3.8, 4) is 5.69 Å². The molecule has 0 saturated heterocycles. The first kappa shape index (κ1) is 16.3. The molecular weight excluding hydrogens is 327 g/mol. The van der Waals surface area contributed by atoms with Crippen LogP contribution in [-0.4, -0.2) is 20.9 Å². The largest absolute Gasteiger partial charge is 0.297 e. The molecule has 1 N–H and O–H groups in total. The van der Waals surface area contributed by atoms with Gasteiger partial charge in [0.2, 0.25) is 0 Å². The molecule has 0 radical (unpaired) electrons. The van der Waals surface area contributed by atoms with E-state index < -0.39 is 16.4 Å². The van der Waals surface area contributed by atoms with E-state index >= 15 is 0 Å². The van der Waals surface area contributed by atoms with Gasteiger partial charge in [0.25, 0.3) is 11.2 Å². The van der Waals surface area contributed by atoms with E-state index in [1.165, 1.54) is 17.0 Å². The Labute approximate surface area is 141 Å². The highest BCUT2D eigenvalue weighted by molar-refractivity contribution is 5.84. The van der Waals surface area contributed by atoms with Gasteiger partial charge in [-0.05, 0) is 31.2 Å². The van der Waals surface area contributed by atoms with Gasteiger partial charge in [-0.25, -0.2) is 14.1 Å². The first-order valence-corrected chi connectivity index (χ1v) is 7.32. The quantitative estimate of drug-likeness (QED) is 0.449. The summed E-state index contributed by atoms with van der Waals surface area (Å²) >= 11 is 0. The summed E-state index contributed by atoms with van der Waals surface area (Å²) in [5, 5.41) is 13.9. The number of benzene rings is 2. The Balaban J connectivity index is 2.03. The van der Waals surface area contributed by atoms with Crippen LogP contribution in [0.5, 0.6) is 0 Å². The molecule has 0 atom stereocenters. The molecule has 0 unspecified atom stereocenters. The summed E-state index contributed by atoms with van der Waals surface area (Å²) < 4.78 is 14.5. The number of aliphatic imine (C=N–C) groups is 1. The Morgan fingerprint density at radius 2 is 1.96 bits per heavy atom. The maximum absolute atomic E-state index is 13.2. The van der Waals surface area contributed by atoms with Crippen molar-refractivity contribution in [2.24, 2.45) is 4.99 Å². The number of nitro groups is 1. The molecule has 0 spiro atoms. The van der Waals surface area contributed by atoms with E-state index in [1.54, 1.807) is 31.2 Å². The monoisotopic (exact) mass is 340 g/mol. The number of aryl methyl sites for hydroxylation is 1. The van der Waals surface area contributed by atoms with E-state index in [9.17, 15) is 19.3 Å². The Morgan fingerprint density at radius 3 is 2.64 bits per heavy atom. The number of H-pyrrole nitrogens is 1. The van der Waals surface area contributed by atoms with Crippen LogP contribution < -0.4 is 5.56 Å². The van der Waals surface area contributed by atoms with Gasteiger partial charge in [0.1, 0.15) is 11.5 Å². The smallest absolute Gasteiger partial charge is 0.295 e. The van der Waals surface area contributed by atoms with Gasteiger partial charge in [-0.1, -0.05) is 18.2 Å². The fraction of sp³-hybridized carbons (Fsp3) is 0.0588. The van der Waals surface area contributed by atoms with Crippen molar-refractivity contribution < 1.29 is 9.31 Å². The average molecular weight is 340 g/mol. The molecule has 2 aromatic carbocycles. The molecule has 1 aromatic heterocycles. The number of hydrogen-bond donors (Lipinski definition) is 1. The Hall–Kier alpha value is -3.55. The number of aromatic nitrogens is 2. The third kappa shape index (κ3) is 3.23. The number of hydrogen-bond acceptors (Lipinski definition) is 4.